The first-order valence-corrected chi connectivity index (χ1v) is 15.5. The zero-order valence-electron chi connectivity index (χ0n) is 24.2. The number of aromatic nitrogens is 3. The van der Waals surface area contributed by atoms with Gasteiger partial charge in [-0.05, 0) is 81.5 Å². The Morgan fingerprint density at radius 2 is 1.98 bits per heavy atom. The standard InChI is InChI=1S/C34H38N4O4/c1-23(41-31-7-2-3-20-40-31)33-35-16-19-38(33)22-27-21-30(42-36-27)26-12-10-24(11-13-26)8-9-25-14-17-37(18-15-25)34(39)32-28-5-4-6-29(28)32/h10-14,16,19,21,23,28-29,31-32H,2-7,15,17-18,20,22H2,1H3/t23-,28?,29?,31?,32?/m0/s1. The summed E-state index contributed by atoms with van der Waals surface area (Å²) >= 11 is 0. The molecule has 1 amide bonds. The van der Waals surface area contributed by atoms with E-state index in [1.54, 1.807) is 6.20 Å². The van der Waals surface area contributed by atoms with E-state index in [0.29, 0.717) is 42.5 Å². The Kier molecular flexibility index (Phi) is 7.70. The second-order valence-corrected chi connectivity index (χ2v) is 12.0. The average Bonchev–Trinajstić information content (AvgIpc) is 3.50. The maximum atomic E-state index is 12.8. The third-order valence-corrected chi connectivity index (χ3v) is 9.25. The van der Waals surface area contributed by atoms with Crippen LogP contribution in [0.1, 0.15) is 75.1 Å². The van der Waals surface area contributed by atoms with Crippen molar-refractivity contribution in [2.45, 2.75) is 70.8 Å². The Labute approximate surface area is 247 Å². The molecule has 2 aliphatic carbocycles. The predicted octanol–water partition coefficient (Wildman–Crippen LogP) is 5.75. The number of carbonyl (C=O) groups is 1. The summed E-state index contributed by atoms with van der Waals surface area (Å²) in [7, 11) is 0. The summed E-state index contributed by atoms with van der Waals surface area (Å²) in [6.07, 6.45) is 13.3. The van der Waals surface area contributed by atoms with E-state index in [2.05, 4.69) is 28.1 Å². The lowest BCUT2D eigenvalue weighted by molar-refractivity contribution is -0.188. The molecule has 218 valence electrons. The summed E-state index contributed by atoms with van der Waals surface area (Å²) in [5.41, 5.74) is 3.83. The number of imidazole rings is 1. The fourth-order valence-electron chi connectivity index (χ4n) is 6.87. The van der Waals surface area contributed by atoms with Gasteiger partial charge < -0.3 is 23.5 Å². The van der Waals surface area contributed by atoms with E-state index in [-0.39, 0.29) is 12.4 Å². The topological polar surface area (TPSA) is 82.6 Å². The Morgan fingerprint density at radius 1 is 1.12 bits per heavy atom. The first-order chi connectivity index (χ1) is 20.6. The minimum absolute atomic E-state index is 0.169. The highest BCUT2D eigenvalue weighted by Crippen LogP contribution is 2.58. The average molecular weight is 567 g/mol. The third kappa shape index (κ3) is 5.81. The van der Waals surface area contributed by atoms with Crippen LogP contribution in [-0.4, -0.2) is 51.5 Å². The molecule has 4 atom stereocenters. The van der Waals surface area contributed by atoms with Crippen LogP contribution in [0.3, 0.4) is 0 Å². The van der Waals surface area contributed by atoms with Gasteiger partial charge in [-0.15, -0.1) is 0 Å². The van der Waals surface area contributed by atoms with Crippen molar-refractivity contribution in [3.8, 4) is 23.2 Å². The largest absolute Gasteiger partial charge is 0.356 e. The van der Waals surface area contributed by atoms with Gasteiger partial charge in [0.2, 0.25) is 5.91 Å². The zero-order chi connectivity index (χ0) is 28.5. The van der Waals surface area contributed by atoms with Crippen molar-refractivity contribution in [3.05, 3.63) is 71.5 Å². The van der Waals surface area contributed by atoms with Gasteiger partial charge in [-0.25, -0.2) is 4.98 Å². The van der Waals surface area contributed by atoms with E-state index in [4.69, 9.17) is 14.0 Å². The van der Waals surface area contributed by atoms with Crippen molar-refractivity contribution in [1.29, 1.82) is 0 Å². The summed E-state index contributed by atoms with van der Waals surface area (Å²) in [6.45, 7) is 4.77. The summed E-state index contributed by atoms with van der Waals surface area (Å²) in [5, 5.41) is 4.30. The van der Waals surface area contributed by atoms with Gasteiger partial charge in [-0.2, -0.15) is 0 Å². The van der Waals surface area contributed by atoms with Gasteiger partial charge in [0, 0.05) is 60.8 Å². The van der Waals surface area contributed by atoms with Crippen LogP contribution >= 0.6 is 0 Å². The molecule has 1 saturated heterocycles. The highest BCUT2D eigenvalue weighted by molar-refractivity contribution is 5.83. The van der Waals surface area contributed by atoms with E-state index >= 15 is 0 Å². The predicted molar refractivity (Wildman–Crippen MR) is 157 cm³/mol. The first-order valence-electron chi connectivity index (χ1n) is 15.5. The molecule has 42 heavy (non-hydrogen) atoms. The molecule has 4 heterocycles. The van der Waals surface area contributed by atoms with Crippen LogP contribution < -0.4 is 0 Å². The lowest BCUT2D eigenvalue weighted by atomic mass is 10.1. The molecule has 2 saturated carbocycles. The number of benzene rings is 1. The van der Waals surface area contributed by atoms with E-state index in [1.807, 2.05) is 52.9 Å². The molecule has 0 radical (unpaired) electrons. The van der Waals surface area contributed by atoms with Crippen LogP contribution in [0, 0.1) is 29.6 Å². The van der Waals surface area contributed by atoms with Crippen molar-refractivity contribution in [2.24, 2.45) is 17.8 Å². The number of nitrogens with zero attached hydrogens (tertiary/aromatic N) is 4. The molecule has 2 aliphatic heterocycles. The number of carbonyl (C=O) groups excluding carboxylic acids is 1. The molecule has 2 aromatic heterocycles. The fourth-order valence-corrected chi connectivity index (χ4v) is 6.87. The highest BCUT2D eigenvalue weighted by atomic mass is 16.7. The molecular weight excluding hydrogens is 528 g/mol. The fraction of sp³-hybridized carbons (Fsp3) is 0.500. The first kappa shape index (κ1) is 27.2. The Morgan fingerprint density at radius 3 is 2.74 bits per heavy atom. The van der Waals surface area contributed by atoms with E-state index < -0.39 is 0 Å². The molecular formula is C34H38N4O4. The Hall–Kier alpha value is -3.67. The minimum Gasteiger partial charge on any atom is -0.356 e. The number of fused-ring (bicyclic) bond motifs is 1. The molecule has 3 fully saturated rings. The lowest BCUT2D eigenvalue weighted by Gasteiger charge is -2.26. The molecule has 8 nitrogen and oxygen atoms in total. The molecule has 0 spiro atoms. The van der Waals surface area contributed by atoms with Crippen molar-refractivity contribution < 1.29 is 18.8 Å². The number of hydrogen-bond donors (Lipinski definition) is 0. The van der Waals surface area contributed by atoms with Crippen molar-refractivity contribution >= 4 is 5.91 Å². The molecule has 8 heteroatoms. The maximum absolute atomic E-state index is 12.8. The van der Waals surface area contributed by atoms with Crippen LogP contribution in [0.2, 0.25) is 0 Å². The summed E-state index contributed by atoms with van der Waals surface area (Å²) < 4.78 is 19.6. The van der Waals surface area contributed by atoms with Gasteiger partial charge in [0.25, 0.3) is 0 Å². The molecule has 3 unspecified atom stereocenters. The van der Waals surface area contributed by atoms with Gasteiger partial charge in [0.1, 0.15) is 17.6 Å². The smallest absolute Gasteiger partial charge is 0.226 e. The van der Waals surface area contributed by atoms with Crippen LogP contribution in [0.5, 0.6) is 0 Å². The molecule has 7 rings (SSSR count). The molecule has 4 aliphatic rings. The van der Waals surface area contributed by atoms with Crippen LogP contribution in [0.4, 0.5) is 0 Å². The number of hydrogen-bond acceptors (Lipinski definition) is 6. The van der Waals surface area contributed by atoms with Gasteiger partial charge in [-0.1, -0.05) is 29.5 Å². The molecule has 0 N–H and O–H groups in total. The van der Waals surface area contributed by atoms with Gasteiger partial charge in [-0.3, -0.25) is 4.79 Å². The monoisotopic (exact) mass is 566 g/mol. The van der Waals surface area contributed by atoms with Crippen molar-refractivity contribution in [2.75, 3.05) is 19.7 Å². The van der Waals surface area contributed by atoms with Gasteiger partial charge in [0.05, 0.1) is 6.54 Å². The Balaban J connectivity index is 0.935. The number of rotatable bonds is 7. The SMILES string of the molecule is C[C@H](OC1CCCCO1)c1nccn1Cc1cc(-c2ccc(C#CC3=CCN(C(=O)C4C5CCCC54)CC3)cc2)on1. The van der Waals surface area contributed by atoms with E-state index in [0.717, 1.165) is 67.1 Å². The zero-order valence-corrected chi connectivity index (χ0v) is 24.2. The normalized spacial score (nSPS) is 25.7. The van der Waals surface area contributed by atoms with E-state index in [1.165, 1.54) is 19.3 Å². The van der Waals surface area contributed by atoms with Crippen molar-refractivity contribution in [3.63, 3.8) is 0 Å². The van der Waals surface area contributed by atoms with Crippen LogP contribution in [-0.2, 0) is 20.8 Å². The Bertz CT molecular complexity index is 1490. The molecule has 1 aromatic carbocycles. The van der Waals surface area contributed by atoms with Crippen molar-refractivity contribution in [1.82, 2.24) is 19.6 Å². The number of ether oxygens (including phenoxy) is 2. The maximum Gasteiger partial charge on any atom is 0.226 e. The van der Waals surface area contributed by atoms with E-state index in [9.17, 15) is 4.79 Å². The second kappa shape index (κ2) is 11.9. The highest BCUT2D eigenvalue weighted by Gasteiger charge is 2.57. The number of amides is 1. The van der Waals surface area contributed by atoms with Gasteiger partial charge in [0.15, 0.2) is 12.1 Å². The van der Waals surface area contributed by atoms with Crippen LogP contribution in [0.15, 0.2) is 58.9 Å². The summed E-state index contributed by atoms with van der Waals surface area (Å²) in [6, 6.07) is 10.0. The minimum atomic E-state index is -0.184. The quantitative estimate of drug-likeness (QED) is 0.339. The molecule has 3 aromatic rings. The second-order valence-electron chi connectivity index (χ2n) is 12.0. The molecule has 0 bridgehead atoms. The van der Waals surface area contributed by atoms with Crippen LogP contribution in [0.25, 0.3) is 11.3 Å². The summed E-state index contributed by atoms with van der Waals surface area (Å²) in [5.74, 6) is 10.2. The third-order valence-electron chi connectivity index (χ3n) is 9.25. The van der Waals surface area contributed by atoms with Gasteiger partial charge >= 0.3 is 0 Å². The lowest BCUT2D eigenvalue weighted by Crippen LogP contribution is -2.36. The summed E-state index contributed by atoms with van der Waals surface area (Å²) in [4.78, 5) is 19.4.